The van der Waals surface area contributed by atoms with E-state index in [0.717, 1.165) is 5.92 Å². The van der Waals surface area contributed by atoms with Gasteiger partial charge in [0, 0.05) is 0 Å². The minimum absolute atomic E-state index is 0.862. The van der Waals surface area contributed by atoms with E-state index in [4.69, 9.17) is 0 Å². The van der Waals surface area contributed by atoms with Gasteiger partial charge in [0.05, 0.1) is 0 Å². The average Bonchev–Trinajstić information content (AvgIpc) is 2.65. The first-order valence-electron chi connectivity index (χ1n) is 5.84. The first-order chi connectivity index (χ1) is 6.83. The summed E-state index contributed by atoms with van der Waals surface area (Å²) in [5.41, 5.74) is 1.53. The van der Waals surface area contributed by atoms with Crippen LogP contribution in [-0.2, 0) is 6.42 Å². The summed E-state index contributed by atoms with van der Waals surface area (Å²) in [7, 11) is 0. The van der Waals surface area contributed by atoms with Gasteiger partial charge in [0.25, 0.3) is 0 Å². The van der Waals surface area contributed by atoms with Crippen LogP contribution in [-0.4, -0.2) is 0 Å². The molecule has 1 rings (SSSR count). The van der Waals surface area contributed by atoms with Gasteiger partial charge in [-0.1, -0.05) is 46.0 Å². The van der Waals surface area contributed by atoms with Crippen LogP contribution >= 0.6 is 11.3 Å². The topological polar surface area (TPSA) is 0 Å². The van der Waals surface area contributed by atoms with Crippen molar-refractivity contribution in [2.45, 2.75) is 52.4 Å². The quantitative estimate of drug-likeness (QED) is 0.562. The van der Waals surface area contributed by atoms with Crippen LogP contribution in [0.2, 0.25) is 0 Å². The van der Waals surface area contributed by atoms with Crippen molar-refractivity contribution in [1.29, 1.82) is 0 Å². The maximum absolute atomic E-state index is 2.38. The monoisotopic (exact) mass is 210 g/mol. The molecule has 0 amide bonds. The van der Waals surface area contributed by atoms with Crippen molar-refractivity contribution in [3.8, 4) is 0 Å². The molecule has 0 aliphatic heterocycles. The Kier molecular flexibility index (Phi) is 5.93. The summed E-state index contributed by atoms with van der Waals surface area (Å²) in [5.74, 6) is 0.862. The summed E-state index contributed by atoms with van der Waals surface area (Å²) in [5, 5.41) is 4.46. The second-order valence-corrected chi connectivity index (χ2v) is 5.07. The molecule has 0 fully saturated rings. The largest absolute Gasteiger partial charge is 0.152 e. The summed E-state index contributed by atoms with van der Waals surface area (Å²) in [6.45, 7) is 4.65. The fourth-order valence-corrected chi connectivity index (χ4v) is 2.51. The van der Waals surface area contributed by atoms with E-state index < -0.39 is 0 Å². The highest BCUT2D eigenvalue weighted by molar-refractivity contribution is 7.07. The molecule has 0 spiro atoms. The molecule has 1 heteroatoms. The van der Waals surface area contributed by atoms with Gasteiger partial charge < -0.3 is 0 Å². The second-order valence-electron chi connectivity index (χ2n) is 4.29. The van der Waals surface area contributed by atoms with Crippen LogP contribution in [0.15, 0.2) is 16.8 Å². The maximum Gasteiger partial charge on any atom is -0.00612 e. The molecule has 0 saturated heterocycles. The Morgan fingerprint density at radius 2 is 2.14 bits per heavy atom. The van der Waals surface area contributed by atoms with E-state index in [-0.39, 0.29) is 0 Å². The fourth-order valence-electron chi connectivity index (χ4n) is 1.83. The number of hydrogen-bond donors (Lipinski definition) is 0. The van der Waals surface area contributed by atoms with Crippen LogP contribution in [0.4, 0.5) is 0 Å². The van der Waals surface area contributed by atoms with Crippen molar-refractivity contribution < 1.29 is 0 Å². The van der Waals surface area contributed by atoms with Crippen LogP contribution in [0.3, 0.4) is 0 Å². The van der Waals surface area contributed by atoms with Gasteiger partial charge in [0.2, 0.25) is 0 Å². The summed E-state index contributed by atoms with van der Waals surface area (Å²) in [4.78, 5) is 0. The van der Waals surface area contributed by atoms with E-state index in [1.807, 2.05) is 11.3 Å². The van der Waals surface area contributed by atoms with E-state index >= 15 is 0 Å². The van der Waals surface area contributed by atoms with Gasteiger partial charge in [-0.05, 0) is 34.7 Å². The lowest BCUT2D eigenvalue weighted by Gasteiger charge is -2.09. The minimum atomic E-state index is 0.862. The molecule has 1 atom stereocenters. The number of hydrogen-bond acceptors (Lipinski definition) is 1. The molecule has 0 aliphatic rings. The van der Waals surface area contributed by atoms with Crippen LogP contribution in [0.1, 0.15) is 51.5 Å². The van der Waals surface area contributed by atoms with Crippen LogP contribution in [0, 0.1) is 5.92 Å². The van der Waals surface area contributed by atoms with Crippen LogP contribution in [0.5, 0.6) is 0 Å². The Morgan fingerprint density at radius 3 is 2.79 bits per heavy atom. The number of rotatable bonds is 7. The standard InChI is InChI=1S/C13H22S/c1-3-4-5-6-7-12(2)10-13-8-9-14-11-13/h8-9,11-12H,3-7,10H2,1-2H3. The Balaban J connectivity index is 2.07. The molecule has 0 bridgehead atoms. The van der Waals surface area contributed by atoms with Gasteiger partial charge in [0.15, 0.2) is 0 Å². The Hall–Kier alpha value is -0.300. The molecule has 0 nitrogen and oxygen atoms in total. The summed E-state index contributed by atoms with van der Waals surface area (Å²) in [6, 6.07) is 2.26. The normalized spacial score (nSPS) is 13.0. The van der Waals surface area contributed by atoms with Crippen molar-refractivity contribution in [1.82, 2.24) is 0 Å². The molecule has 0 aromatic carbocycles. The third-order valence-corrected chi connectivity index (χ3v) is 3.45. The van der Waals surface area contributed by atoms with Crippen molar-refractivity contribution in [3.05, 3.63) is 22.4 Å². The molecular formula is C13H22S. The van der Waals surface area contributed by atoms with Crippen molar-refractivity contribution >= 4 is 11.3 Å². The summed E-state index contributed by atoms with van der Waals surface area (Å²) >= 11 is 1.81. The van der Waals surface area contributed by atoms with Crippen molar-refractivity contribution in [2.24, 2.45) is 5.92 Å². The lowest BCUT2D eigenvalue weighted by Crippen LogP contribution is -1.98. The Labute approximate surface area is 92.4 Å². The minimum Gasteiger partial charge on any atom is -0.152 e. The van der Waals surface area contributed by atoms with Gasteiger partial charge in [0.1, 0.15) is 0 Å². The van der Waals surface area contributed by atoms with E-state index in [1.165, 1.54) is 44.1 Å². The van der Waals surface area contributed by atoms with Crippen LogP contribution in [0.25, 0.3) is 0 Å². The smallest absolute Gasteiger partial charge is 0.00612 e. The van der Waals surface area contributed by atoms with E-state index in [0.29, 0.717) is 0 Å². The van der Waals surface area contributed by atoms with E-state index in [2.05, 4.69) is 30.7 Å². The molecule has 1 aromatic rings. The average molecular weight is 210 g/mol. The highest BCUT2D eigenvalue weighted by Gasteiger charge is 2.03. The van der Waals surface area contributed by atoms with E-state index in [9.17, 15) is 0 Å². The molecule has 0 N–H and O–H groups in total. The molecule has 80 valence electrons. The molecule has 0 saturated carbocycles. The molecular weight excluding hydrogens is 188 g/mol. The Morgan fingerprint density at radius 1 is 1.29 bits per heavy atom. The first kappa shape index (κ1) is 11.8. The van der Waals surface area contributed by atoms with Crippen molar-refractivity contribution in [2.75, 3.05) is 0 Å². The van der Waals surface area contributed by atoms with Gasteiger partial charge in [-0.25, -0.2) is 0 Å². The number of unbranched alkanes of at least 4 members (excludes halogenated alkanes) is 3. The highest BCUT2D eigenvalue weighted by Crippen LogP contribution is 2.17. The lowest BCUT2D eigenvalue weighted by atomic mass is 9.97. The molecule has 0 aliphatic carbocycles. The van der Waals surface area contributed by atoms with Crippen LogP contribution < -0.4 is 0 Å². The predicted molar refractivity (Wildman–Crippen MR) is 65.9 cm³/mol. The molecule has 1 aromatic heterocycles. The molecule has 1 unspecified atom stereocenters. The van der Waals surface area contributed by atoms with Crippen molar-refractivity contribution in [3.63, 3.8) is 0 Å². The van der Waals surface area contributed by atoms with Gasteiger partial charge in [-0.2, -0.15) is 11.3 Å². The zero-order chi connectivity index (χ0) is 10.2. The zero-order valence-corrected chi connectivity index (χ0v) is 10.3. The SMILES string of the molecule is CCCCCCC(C)Cc1ccsc1. The molecule has 1 heterocycles. The van der Waals surface area contributed by atoms with E-state index in [1.54, 1.807) is 0 Å². The van der Waals surface area contributed by atoms with Gasteiger partial charge in [-0.3, -0.25) is 0 Å². The number of thiophene rings is 1. The summed E-state index contributed by atoms with van der Waals surface area (Å²) < 4.78 is 0. The molecule has 0 radical (unpaired) electrons. The third kappa shape index (κ3) is 4.80. The lowest BCUT2D eigenvalue weighted by molar-refractivity contribution is 0.487. The molecule has 14 heavy (non-hydrogen) atoms. The highest BCUT2D eigenvalue weighted by atomic mass is 32.1. The first-order valence-corrected chi connectivity index (χ1v) is 6.78. The third-order valence-electron chi connectivity index (χ3n) is 2.71. The second kappa shape index (κ2) is 7.05. The van der Waals surface area contributed by atoms with Gasteiger partial charge >= 0.3 is 0 Å². The maximum atomic E-state index is 2.38. The predicted octanol–water partition coefficient (Wildman–Crippen LogP) is 4.90. The Bertz CT molecular complexity index is 213. The zero-order valence-electron chi connectivity index (χ0n) is 9.46. The summed E-state index contributed by atoms with van der Waals surface area (Å²) in [6.07, 6.45) is 8.26. The fraction of sp³-hybridized carbons (Fsp3) is 0.692. The van der Waals surface area contributed by atoms with Gasteiger partial charge in [-0.15, -0.1) is 0 Å².